The standard InChI is InChI=1S/C18H22O2/c1-12(2)13-7-9-14(10-8-13)16-11-20-17-6-4-3-5-15(17)18(16)19/h7-12,15,17H,3-6H2,1-2H3. The van der Waals surface area contributed by atoms with Gasteiger partial charge < -0.3 is 4.74 Å². The van der Waals surface area contributed by atoms with Gasteiger partial charge in [0.05, 0.1) is 17.8 Å². The molecule has 1 saturated carbocycles. The van der Waals surface area contributed by atoms with Crippen LogP contribution in [0.15, 0.2) is 30.5 Å². The Labute approximate surface area is 120 Å². The van der Waals surface area contributed by atoms with Crippen LogP contribution in [0.4, 0.5) is 0 Å². The highest BCUT2D eigenvalue weighted by molar-refractivity contribution is 6.22. The van der Waals surface area contributed by atoms with Crippen LogP contribution in [-0.4, -0.2) is 11.9 Å². The molecule has 1 aromatic carbocycles. The largest absolute Gasteiger partial charge is 0.496 e. The van der Waals surface area contributed by atoms with Crippen molar-refractivity contribution in [3.05, 3.63) is 41.7 Å². The van der Waals surface area contributed by atoms with E-state index >= 15 is 0 Å². The number of allylic oxidation sites excluding steroid dienone is 1. The predicted molar refractivity (Wildman–Crippen MR) is 80.3 cm³/mol. The molecule has 3 rings (SSSR count). The first-order valence-corrected chi connectivity index (χ1v) is 7.67. The van der Waals surface area contributed by atoms with Crippen LogP contribution in [-0.2, 0) is 9.53 Å². The molecule has 1 heterocycles. The third-order valence-corrected chi connectivity index (χ3v) is 4.55. The Morgan fingerprint density at radius 1 is 1.10 bits per heavy atom. The van der Waals surface area contributed by atoms with Gasteiger partial charge >= 0.3 is 0 Å². The normalized spacial score (nSPS) is 25.9. The lowest BCUT2D eigenvalue weighted by Gasteiger charge is -2.34. The average Bonchev–Trinajstić information content (AvgIpc) is 2.48. The summed E-state index contributed by atoms with van der Waals surface area (Å²) in [5, 5.41) is 0. The maximum absolute atomic E-state index is 12.6. The van der Waals surface area contributed by atoms with Gasteiger partial charge in [0, 0.05) is 0 Å². The maximum Gasteiger partial charge on any atom is 0.173 e. The quantitative estimate of drug-likeness (QED) is 0.800. The Hall–Kier alpha value is -1.57. The molecule has 0 aromatic heterocycles. The fourth-order valence-electron chi connectivity index (χ4n) is 3.23. The van der Waals surface area contributed by atoms with Crippen LogP contribution < -0.4 is 0 Å². The average molecular weight is 270 g/mol. The van der Waals surface area contributed by atoms with Crippen LogP contribution >= 0.6 is 0 Å². The first-order chi connectivity index (χ1) is 9.66. The number of carbonyl (C=O) groups is 1. The molecule has 1 aromatic rings. The second kappa shape index (κ2) is 5.43. The molecule has 1 aliphatic heterocycles. The van der Waals surface area contributed by atoms with Gasteiger partial charge in [-0.2, -0.15) is 0 Å². The van der Waals surface area contributed by atoms with Crippen LogP contribution in [0, 0.1) is 5.92 Å². The third-order valence-electron chi connectivity index (χ3n) is 4.55. The number of carbonyl (C=O) groups excluding carboxylic acids is 1. The first kappa shape index (κ1) is 13.4. The lowest BCUT2D eigenvalue weighted by molar-refractivity contribution is -0.124. The van der Waals surface area contributed by atoms with E-state index in [-0.39, 0.29) is 17.8 Å². The number of ketones is 1. The van der Waals surface area contributed by atoms with Crippen LogP contribution in [0.25, 0.3) is 5.57 Å². The number of Topliss-reactive ketones (excluding diaryl/α,β-unsaturated/α-hetero) is 1. The Bertz CT molecular complexity index is 525. The minimum atomic E-state index is 0.0773. The first-order valence-electron chi connectivity index (χ1n) is 7.67. The molecule has 106 valence electrons. The lowest BCUT2D eigenvalue weighted by Crippen LogP contribution is -2.36. The molecule has 1 fully saturated rings. The van der Waals surface area contributed by atoms with Crippen LogP contribution in [0.1, 0.15) is 56.6 Å². The summed E-state index contributed by atoms with van der Waals surface area (Å²) in [5.74, 6) is 0.867. The van der Waals surface area contributed by atoms with Gasteiger partial charge in [0.25, 0.3) is 0 Å². The van der Waals surface area contributed by atoms with Crippen molar-refractivity contribution in [1.29, 1.82) is 0 Å². The molecular formula is C18H22O2. The van der Waals surface area contributed by atoms with E-state index in [4.69, 9.17) is 4.74 Å². The van der Waals surface area contributed by atoms with Crippen LogP contribution in [0.5, 0.6) is 0 Å². The van der Waals surface area contributed by atoms with Gasteiger partial charge in [0.1, 0.15) is 6.10 Å². The summed E-state index contributed by atoms with van der Waals surface area (Å²) in [6.07, 6.45) is 6.14. The van der Waals surface area contributed by atoms with Crippen LogP contribution in [0.3, 0.4) is 0 Å². The predicted octanol–water partition coefficient (Wildman–Crippen LogP) is 4.31. The van der Waals surface area contributed by atoms with E-state index in [0.29, 0.717) is 5.92 Å². The molecule has 2 atom stereocenters. The Morgan fingerprint density at radius 3 is 2.50 bits per heavy atom. The van der Waals surface area contributed by atoms with Crippen molar-refractivity contribution < 1.29 is 9.53 Å². The lowest BCUT2D eigenvalue weighted by atomic mass is 9.79. The second-order valence-corrected chi connectivity index (χ2v) is 6.24. The molecule has 2 aliphatic rings. The summed E-state index contributed by atoms with van der Waals surface area (Å²) in [4.78, 5) is 12.6. The second-order valence-electron chi connectivity index (χ2n) is 6.24. The molecular weight excluding hydrogens is 248 g/mol. The summed E-state index contributed by atoms with van der Waals surface area (Å²) in [6, 6.07) is 8.32. The monoisotopic (exact) mass is 270 g/mol. The van der Waals surface area contributed by atoms with E-state index in [1.807, 2.05) is 12.1 Å². The molecule has 2 unspecified atom stereocenters. The summed E-state index contributed by atoms with van der Waals surface area (Å²) < 4.78 is 5.81. The molecule has 1 aliphatic carbocycles. The fraction of sp³-hybridized carbons (Fsp3) is 0.500. The number of rotatable bonds is 2. The third kappa shape index (κ3) is 2.39. The Morgan fingerprint density at radius 2 is 1.80 bits per heavy atom. The van der Waals surface area contributed by atoms with Crippen molar-refractivity contribution in [1.82, 2.24) is 0 Å². The molecule has 0 bridgehead atoms. The van der Waals surface area contributed by atoms with Gasteiger partial charge in [-0.3, -0.25) is 4.79 Å². The van der Waals surface area contributed by atoms with E-state index in [1.165, 1.54) is 12.0 Å². The molecule has 0 saturated heterocycles. The van der Waals surface area contributed by atoms with E-state index in [9.17, 15) is 4.79 Å². The van der Waals surface area contributed by atoms with Crippen molar-refractivity contribution in [3.63, 3.8) is 0 Å². The SMILES string of the molecule is CC(C)c1ccc(C2=COC3CCCCC3C2=O)cc1. The molecule has 0 amide bonds. The van der Waals surface area contributed by atoms with Crippen molar-refractivity contribution in [2.75, 3.05) is 0 Å². The smallest absolute Gasteiger partial charge is 0.173 e. The summed E-state index contributed by atoms with van der Waals surface area (Å²) >= 11 is 0. The number of fused-ring (bicyclic) bond motifs is 1. The minimum absolute atomic E-state index is 0.0773. The number of benzene rings is 1. The van der Waals surface area contributed by atoms with E-state index in [0.717, 1.165) is 30.4 Å². The van der Waals surface area contributed by atoms with Crippen molar-refractivity contribution in [2.24, 2.45) is 5.92 Å². The van der Waals surface area contributed by atoms with E-state index in [2.05, 4.69) is 26.0 Å². The van der Waals surface area contributed by atoms with Gasteiger partial charge in [-0.05, 0) is 36.3 Å². The van der Waals surface area contributed by atoms with Crippen molar-refractivity contribution >= 4 is 11.4 Å². The van der Waals surface area contributed by atoms with E-state index in [1.54, 1.807) is 6.26 Å². The molecule has 2 heteroatoms. The highest BCUT2D eigenvalue weighted by Gasteiger charge is 2.37. The fourth-order valence-corrected chi connectivity index (χ4v) is 3.23. The van der Waals surface area contributed by atoms with Gasteiger partial charge in [-0.15, -0.1) is 0 Å². The number of hydrogen-bond acceptors (Lipinski definition) is 2. The van der Waals surface area contributed by atoms with Gasteiger partial charge in [-0.1, -0.05) is 44.5 Å². The van der Waals surface area contributed by atoms with Gasteiger partial charge in [-0.25, -0.2) is 0 Å². The Kier molecular flexibility index (Phi) is 3.64. The molecule has 20 heavy (non-hydrogen) atoms. The Balaban J connectivity index is 1.86. The molecule has 0 N–H and O–H groups in total. The zero-order chi connectivity index (χ0) is 14.1. The van der Waals surface area contributed by atoms with Crippen molar-refractivity contribution in [2.45, 2.75) is 51.6 Å². The summed E-state index contributed by atoms with van der Waals surface area (Å²) in [5.41, 5.74) is 3.04. The number of ether oxygens (including phenoxy) is 1. The molecule has 0 radical (unpaired) electrons. The minimum Gasteiger partial charge on any atom is -0.496 e. The zero-order valence-electron chi connectivity index (χ0n) is 12.3. The topological polar surface area (TPSA) is 26.3 Å². The van der Waals surface area contributed by atoms with E-state index < -0.39 is 0 Å². The van der Waals surface area contributed by atoms with Gasteiger partial charge in [0.15, 0.2) is 5.78 Å². The number of hydrogen-bond donors (Lipinski definition) is 0. The highest BCUT2D eigenvalue weighted by Crippen LogP contribution is 2.36. The van der Waals surface area contributed by atoms with Crippen molar-refractivity contribution in [3.8, 4) is 0 Å². The summed E-state index contributed by atoms with van der Waals surface area (Å²) in [7, 11) is 0. The zero-order valence-corrected chi connectivity index (χ0v) is 12.3. The molecule has 0 spiro atoms. The van der Waals surface area contributed by atoms with Crippen LogP contribution in [0.2, 0.25) is 0 Å². The highest BCUT2D eigenvalue weighted by atomic mass is 16.5. The maximum atomic E-state index is 12.6. The molecule has 2 nitrogen and oxygen atoms in total. The van der Waals surface area contributed by atoms with Gasteiger partial charge in [0.2, 0.25) is 0 Å². The summed E-state index contributed by atoms with van der Waals surface area (Å²) in [6.45, 7) is 4.35.